The van der Waals surface area contributed by atoms with Crippen LogP contribution in [0, 0.1) is 6.92 Å². The number of hydrogen-bond acceptors (Lipinski definition) is 5. The van der Waals surface area contributed by atoms with Gasteiger partial charge in [-0.15, -0.1) is 0 Å². The van der Waals surface area contributed by atoms with Crippen LogP contribution in [0.5, 0.6) is 0 Å². The number of benzene rings is 2. The zero-order valence-electron chi connectivity index (χ0n) is 13.0. The van der Waals surface area contributed by atoms with Crippen molar-refractivity contribution in [1.29, 1.82) is 0 Å². The Balaban J connectivity index is 2.12. The lowest BCUT2D eigenvalue weighted by atomic mass is 10.2. The maximum Gasteiger partial charge on any atom is 0.277 e. The Morgan fingerprint density at radius 3 is 2.39 bits per heavy atom. The van der Waals surface area contributed by atoms with Crippen LogP contribution < -0.4 is 10.7 Å². The molecule has 2 aromatic rings. The Hall–Kier alpha value is -3.15. The summed E-state index contributed by atoms with van der Waals surface area (Å²) in [6.07, 6.45) is 1.25. The van der Waals surface area contributed by atoms with E-state index in [-0.39, 0.29) is 5.71 Å². The summed E-state index contributed by atoms with van der Waals surface area (Å²) < 4.78 is 0. The number of rotatable bonds is 6. The Morgan fingerprint density at radius 1 is 1.04 bits per heavy atom. The van der Waals surface area contributed by atoms with E-state index in [0.717, 1.165) is 11.3 Å². The molecule has 0 bridgehead atoms. The van der Waals surface area contributed by atoms with E-state index < -0.39 is 5.91 Å². The molecule has 6 heteroatoms. The molecule has 23 heavy (non-hydrogen) atoms. The molecule has 0 atom stereocenters. The third kappa shape index (κ3) is 5.28. The first-order chi connectivity index (χ1) is 11.2. The molecule has 0 aliphatic rings. The van der Waals surface area contributed by atoms with Gasteiger partial charge in [-0.2, -0.15) is 5.10 Å². The van der Waals surface area contributed by atoms with E-state index in [4.69, 9.17) is 0 Å². The van der Waals surface area contributed by atoms with Crippen LogP contribution in [0.2, 0.25) is 0 Å². The van der Waals surface area contributed by atoms with E-state index in [0.29, 0.717) is 5.69 Å². The van der Waals surface area contributed by atoms with Crippen LogP contribution in [-0.2, 0) is 9.63 Å². The van der Waals surface area contributed by atoms with Crippen molar-refractivity contribution in [3.05, 3.63) is 60.2 Å². The molecule has 0 saturated heterocycles. The van der Waals surface area contributed by atoms with Crippen LogP contribution in [0.15, 0.2) is 64.9 Å². The average molecular weight is 310 g/mol. The molecule has 6 nitrogen and oxygen atoms in total. The highest BCUT2D eigenvalue weighted by Crippen LogP contribution is 2.09. The number of carbonyl (C=O) groups excluding carboxylic acids is 1. The van der Waals surface area contributed by atoms with Crippen molar-refractivity contribution in [3.8, 4) is 0 Å². The van der Waals surface area contributed by atoms with Gasteiger partial charge in [-0.25, -0.2) is 0 Å². The first-order valence-corrected chi connectivity index (χ1v) is 7.02. The molecule has 0 aliphatic carbocycles. The number of para-hydroxylation sites is 1. The number of amides is 1. The lowest BCUT2D eigenvalue weighted by Crippen LogP contribution is -2.25. The summed E-state index contributed by atoms with van der Waals surface area (Å²) in [6, 6.07) is 16.8. The molecule has 2 aromatic carbocycles. The second-order valence-electron chi connectivity index (χ2n) is 4.71. The summed E-state index contributed by atoms with van der Waals surface area (Å²) in [5.74, 6) is -0.392. The molecular formula is C17H18N4O2. The normalized spacial score (nSPS) is 11.3. The molecule has 0 spiro atoms. The average Bonchev–Trinajstić information content (AvgIpc) is 2.57. The van der Waals surface area contributed by atoms with Crippen molar-refractivity contribution in [2.75, 3.05) is 17.9 Å². The van der Waals surface area contributed by atoms with Gasteiger partial charge in [0.15, 0.2) is 5.71 Å². The Kier molecular flexibility index (Phi) is 5.88. The summed E-state index contributed by atoms with van der Waals surface area (Å²) in [6.45, 7) is 2.00. The number of carbonyl (C=O) groups is 1. The number of hydrogen-bond donors (Lipinski definition) is 2. The van der Waals surface area contributed by atoms with Gasteiger partial charge in [0.2, 0.25) is 0 Å². The van der Waals surface area contributed by atoms with E-state index in [1.54, 1.807) is 12.1 Å². The number of hydrazone groups is 1. The molecule has 0 radical (unpaired) electrons. The number of aryl methyl sites for hydroxylation is 1. The van der Waals surface area contributed by atoms with Crippen LogP contribution in [0.1, 0.15) is 5.56 Å². The second-order valence-corrected chi connectivity index (χ2v) is 4.71. The topological polar surface area (TPSA) is 75.1 Å². The van der Waals surface area contributed by atoms with Gasteiger partial charge in [-0.3, -0.25) is 10.2 Å². The molecule has 0 unspecified atom stereocenters. The summed E-state index contributed by atoms with van der Waals surface area (Å²) in [5.41, 5.74) is 5.51. The monoisotopic (exact) mass is 310 g/mol. The summed E-state index contributed by atoms with van der Waals surface area (Å²) >= 11 is 0. The lowest BCUT2D eigenvalue weighted by molar-refractivity contribution is -0.110. The van der Waals surface area contributed by atoms with Crippen molar-refractivity contribution >= 4 is 29.2 Å². The lowest BCUT2D eigenvalue weighted by Gasteiger charge is -2.06. The SMILES string of the molecule is CO/N=C/C(=N\Nc1ccc(C)cc1)C(=O)Nc1ccccc1. The third-order valence-electron chi connectivity index (χ3n) is 2.90. The first kappa shape index (κ1) is 16.2. The van der Waals surface area contributed by atoms with E-state index in [1.807, 2.05) is 49.4 Å². The standard InChI is InChI=1S/C17H18N4O2/c1-13-8-10-15(11-9-13)20-21-16(12-18-23-2)17(22)19-14-6-4-3-5-7-14/h3-12,20H,1-2H3,(H,19,22)/b18-12+,21-16+. The van der Waals surface area contributed by atoms with Crippen LogP contribution in [0.25, 0.3) is 0 Å². The van der Waals surface area contributed by atoms with Crippen LogP contribution in [-0.4, -0.2) is 24.9 Å². The summed E-state index contributed by atoms with van der Waals surface area (Å²) in [4.78, 5) is 16.9. The van der Waals surface area contributed by atoms with Gasteiger partial charge in [0.05, 0.1) is 11.9 Å². The number of anilines is 2. The zero-order valence-corrected chi connectivity index (χ0v) is 13.0. The molecule has 118 valence electrons. The minimum absolute atomic E-state index is 0.0938. The van der Waals surface area contributed by atoms with E-state index in [2.05, 4.69) is 25.8 Å². The molecule has 0 saturated carbocycles. The highest BCUT2D eigenvalue weighted by atomic mass is 16.6. The Labute approximate surface area is 134 Å². The van der Waals surface area contributed by atoms with Crippen molar-refractivity contribution in [2.24, 2.45) is 10.3 Å². The highest BCUT2D eigenvalue weighted by molar-refractivity contribution is 6.63. The summed E-state index contributed by atoms with van der Waals surface area (Å²) in [7, 11) is 1.40. The van der Waals surface area contributed by atoms with E-state index in [9.17, 15) is 4.79 Å². The third-order valence-corrected chi connectivity index (χ3v) is 2.90. The van der Waals surface area contributed by atoms with Gasteiger partial charge in [0.1, 0.15) is 7.11 Å². The van der Waals surface area contributed by atoms with Gasteiger partial charge >= 0.3 is 0 Å². The Bertz CT molecular complexity index is 694. The number of nitrogens with zero attached hydrogens (tertiary/aromatic N) is 2. The predicted octanol–water partition coefficient (Wildman–Crippen LogP) is 3.03. The van der Waals surface area contributed by atoms with Gasteiger partial charge in [0, 0.05) is 5.69 Å². The van der Waals surface area contributed by atoms with Crippen molar-refractivity contribution in [2.45, 2.75) is 6.92 Å². The number of oxime groups is 1. The minimum atomic E-state index is -0.392. The maximum absolute atomic E-state index is 12.3. The fourth-order valence-corrected chi connectivity index (χ4v) is 1.71. The minimum Gasteiger partial charge on any atom is -0.399 e. The molecule has 0 aromatic heterocycles. The van der Waals surface area contributed by atoms with Crippen LogP contribution in [0.3, 0.4) is 0 Å². The fourth-order valence-electron chi connectivity index (χ4n) is 1.71. The quantitative estimate of drug-likeness (QED) is 0.636. The van der Waals surface area contributed by atoms with Gasteiger partial charge < -0.3 is 10.2 Å². The Morgan fingerprint density at radius 2 is 1.74 bits per heavy atom. The van der Waals surface area contributed by atoms with Gasteiger partial charge in [0.25, 0.3) is 5.91 Å². The number of nitrogens with one attached hydrogen (secondary N) is 2. The molecule has 0 heterocycles. The molecule has 0 aliphatic heterocycles. The first-order valence-electron chi connectivity index (χ1n) is 7.02. The van der Waals surface area contributed by atoms with Crippen molar-refractivity contribution < 1.29 is 9.63 Å². The molecule has 2 rings (SSSR count). The van der Waals surface area contributed by atoms with Crippen molar-refractivity contribution in [3.63, 3.8) is 0 Å². The molecule has 0 fully saturated rings. The maximum atomic E-state index is 12.3. The van der Waals surface area contributed by atoms with Crippen LogP contribution in [0.4, 0.5) is 11.4 Å². The van der Waals surface area contributed by atoms with E-state index >= 15 is 0 Å². The molecular weight excluding hydrogens is 292 g/mol. The molecule has 1 amide bonds. The highest BCUT2D eigenvalue weighted by Gasteiger charge is 2.10. The fraction of sp³-hybridized carbons (Fsp3) is 0.118. The predicted molar refractivity (Wildman–Crippen MR) is 92.8 cm³/mol. The smallest absolute Gasteiger partial charge is 0.277 e. The largest absolute Gasteiger partial charge is 0.399 e. The van der Waals surface area contributed by atoms with Crippen LogP contribution >= 0.6 is 0 Å². The zero-order chi connectivity index (χ0) is 16.5. The van der Waals surface area contributed by atoms with Crippen molar-refractivity contribution in [1.82, 2.24) is 0 Å². The summed E-state index contributed by atoms with van der Waals surface area (Å²) in [5, 5.41) is 10.4. The second kappa shape index (κ2) is 8.33. The van der Waals surface area contributed by atoms with Gasteiger partial charge in [-0.1, -0.05) is 41.1 Å². The molecule has 2 N–H and O–H groups in total. The van der Waals surface area contributed by atoms with E-state index in [1.165, 1.54) is 13.3 Å². The van der Waals surface area contributed by atoms with Gasteiger partial charge in [-0.05, 0) is 31.2 Å².